The van der Waals surface area contributed by atoms with E-state index in [1.165, 1.54) is 4.88 Å². The third-order valence-electron chi connectivity index (χ3n) is 2.71. The lowest BCUT2D eigenvalue weighted by atomic mass is 10.2. The highest BCUT2D eigenvalue weighted by Gasteiger charge is 2.05. The molecule has 90 valence electrons. The van der Waals surface area contributed by atoms with Gasteiger partial charge < -0.3 is 10.5 Å². The Kier molecular flexibility index (Phi) is 2.86. The van der Waals surface area contributed by atoms with Crippen molar-refractivity contribution in [3.8, 4) is 5.75 Å². The number of anilines is 1. The molecule has 0 fully saturated rings. The molecule has 0 atom stereocenters. The van der Waals surface area contributed by atoms with Crippen molar-refractivity contribution in [3.63, 3.8) is 0 Å². The Hall–Kier alpha value is -2.07. The van der Waals surface area contributed by atoms with E-state index in [1.54, 1.807) is 17.5 Å². The molecule has 0 aliphatic carbocycles. The molecule has 18 heavy (non-hydrogen) atoms. The van der Waals surface area contributed by atoms with Crippen LogP contribution in [0.2, 0.25) is 0 Å². The molecule has 3 aromatic rings. The van der Waals surface area contributed by atoms with Gasteiger partial charge in [0.2, 0.25) is 0 Å². The summed E-state index contributed by atoms with van der Waals surface area (Å²) in [6, 6.07) is 11.7. The van der Waals surface area contributed by atoms with Crippen LogP contribution in [0.25, 0.3) is 10.9 Å². The minimum Gasteiger partial charge on any atom is -0.487 e. The number of pyridine rings is 1. The molecule has 3 nitrogen and oxygen atoms in total. The van der Waals surface area contributed by atoms with Gasteiger partial charge in [0.1, 0.15) is 12.4 Å². The number of fused-ring (bicyclic) bond motifs is 1. The lowest BCUT2D eigenvalue weighted by Crippen LogP contribution is -1.96. The fourth-order valence-electron chi connectivity index (χ4n) is 1.84. The maximum atomic E-state index is 5.90. The fourth-order valence-corrected chi connectivity index (χ4v) is 2.46. The van der Waals surface area contributed by atoms with Crippen molar-refractivity contribution in [2.75, 3.05) is 5.73 Å². The lowest BCUT2D eigenvalue weighted by Gasteiger charge is -2.08. The minimum absolute atomic E-state index is 0.575. The molecule has 3 rings (SSSR count). The summed E-state index contributed by atoms with van der Waals surface area (Å²) in [5.41, 5.74) is 7.37. The van der Waals surface area contributed by atoms with E-state index in [4.69, 9.17) is 10.5 Å². The van der Waals surface area contributed by atoms with Gasteiger partial charge in [-0.1, -0.05) is 12.1 Å². The van der Waals surface area contributed by atoms with E-state index in [0.29, 0.717) is 12.3 Å². The van der Waals surface area contributed by atoms with Gasteiger partial charge in [-0.25, -0.2) is 0 Å². The van der Waals surface area contributed by atoms with Gasteiger partial charge in [-0.2, -0.15) is 0 Å². The summed E-state index contributed by atoms with van der Waals surface area (Å²) in [4.78, 5) is 5.48. The van der Waals surface area contributed by atoms with E-state index in [9.17, 15) is 0 Å². The average molecular weight is 256 g/mol. The first kappa shape index (κ1) is 11.0. The second-order valence-electron chi connectivity index (χ2n) is 3.92. The highest BCUT2D eigenvalue weighted by molar-refractivity contribution is 7.09. The molecule has 0 aliphatic heterocycles. The summed E-state index contributed by atoms with van der Waals surface area (Å²) >= 11 is 1.69. The predicted octanol–water partition coefficient (Wildman–Crippen LogP) is 3.46. The molecule has 2 aromatic heterocycles. The van der Waals surface area contributed by atoms with Crippen molar-refractivity contribution in [1.29, 1.82) is 0 Å². The molecule has 2 heterocycles. The number of hydrogen-bond donors (Lipinski definition) is 1. The van der Waals surface area contributed by atoms with Crippen LogP contribution in [0, 0.1) is 0 Å². The van der Waals surface area contributed by atoms with E-state index in [1.807, 2.05) is 35.7 Å². The largest absolute Gasteiger partial charge is 0.487 e. The molecule has 0 saturated carbocycles. The molecule has 0 bridgehead atoms. The Bertz CT molecular complexity index is 665. The molecular formula is C14H12N2OS. The van der Waals surface area contributed by atoms with Crippen LogP contribution in [0.3, 0.4) is 0 Å². The van der Waals surface area contributed by atoms with Crippen molar-refractivity contribution >= 4 is 27.9 Å². The molecule has 0 spiro atoms. The molecule has 0 unspecified atom stereocenters. The summed E-state index contributed by atoms with van der Waals surface area (Å²) < 4.78 is 5.83. The highest BCUT2D eigenvalue weighted by atomic mass is 32.1. The number of ether oxygens (including phenoxy) is 1. The second kappa shape index (κ2) is 4.66. The lowest BCUT2D eigenvalue weighted by molar-refractivity contribution is 0.313. The number of nitrogens with two attached hydrogens (primary N) is 1. The third kappa shape index (κ3) is 2.02. The SMILES string of the molecule is Nc1cccc2c(OCc3cccs3)ccnc12. The number of rotatable bonds is 3. The molecule has 0 saturated heterocycles. The number of benzene rings is 1. The van der Waals surface area contributed by atoms with Crippen LogP contribution in [0.15, 0.2) is 48.0 Å². The highest BCUT2D eigenvalue weighted by Crippen LogP contribution is 2.28. The van der Waals surface area contributed by atoms with E-state index >= 15 is 0 Å². The van der Waals surface area contributed by atoms with Crippen molar-refractivity contribution in [2.24, 2.45) is 0 Å². The van der Waals surface area contributed by atoms with Crippen LogP contribution in [0.1, 0.15) is 4.88 Å². The van der Waals surface area contributed by atoms with Gasteiger partial charge in [-0.05, 0) is 29.6 Å². The molecular weight excluding hydrogens is 244 g/mol. The molecule has 2 N–H and O–H groups in total. The van der Waals surface area contributed by atoms with Gasteiger partial charge in [0, 0.05) is 16.5 Å². The van der Waals surface area contributed by atoms with Crippen LogP contribution in [0.5, 0.6) is 5.75 Å². The fraction of sp³-hybridized carbons (Fsp3) is 0.0714. The number of aromatic nitrogens is 1. The first-order valence-corrected chi connectivity index (χ1v) is 6.51. The van der Waals surface area contributed by atoms with E-state index in [2.05, 4.69) is 11.1 Å². The van der Waals surface area contributed by atoms with Gasteiger partial charge in [-0.15, -0.1) is 11.3 Å². The van der Waals surface area contributed by atoms with Gasteiger partial charge in [-0.3, -0.25) is 4.98 Å². The number of para-hydroxylation sites is 1. The van der Waals surface area contributed by atoms with Crippen molar-refractivity contribution in [2.45, 2.75) is 6.61 Å². The summed E-state index contributed by atoms with van der Waals surface area (Å²) in [6.07, 6.45) is 1.72. The number of hydrogen-bond acceptors (Lipinski definition) is 4. The van der Waals surface area contributed by atoms with E-state index in [0.717, 1.165) is 16.7 Å². The summed E-state index contributed by atoms with van der Waals surface area (Å²) in [7, 11) is 0. The third-order valence-corrected chi connectivity index (χ3v) is 3.56. The van der Waals surface area contributed by atoms with Crippen LogP contribution in [0.4, 0.5) is 5.69 Å². The van der Waals surface area contributed by atoms with Crippen molar-refractivity contribution in [3.05, 3.63) is 52.9 Å². The average Bonchev–Trinajstić information content (AvgIpc) is 2.90. The Balaban J connectivity index is 1.94. The predicted molar refractivity (Wildman–Crippen MR) is 74.8 cm³/mol. The van der Waals surface area contributed by atoms with Gasteiger partial charge in [0.25, 0.3) is 0 Å². The molecule has 1 aromatic carbocycles. The number of nitrogen functional groups attached to an aromatic ring is 1. The summed E-state index contributed by atoms with van der Waals surface area (Å²) in [5, 5.41) is 3.00. The zero-order valence-corrected chi connectivity index (χ0v) is 10.5. The van der Waals surface area contributed by atoms with E-state index < -0.39 is 0 Å². The molecule has 4 heteroatoms. The topological polar surface area (TPSA) is 48.1 Å². The zero-order valence-electron chi connectivity index (χ0n) is 9.67. The first-order valence-electron chi connectivity index (χ1n) is 5.63. The Labute approximate surface area is 109 Å². The minimum atomic E-state index is 0.575. The number of thiophene rings is 1. The Morgan fingerprint density at radius 1 is 1.17 bits per heavy atom. The van der Waals surface area contributed by atoms with Crippen LogP contribution < -0.4 is 10.5 Å². The van der Waals surface area contributed by atoms with Crippen molar-refractivity contribution in [1.82, 2.24) is 4.98 Å². The van der Waals surface area contributed by atoms with Crippen LogP contribution in [-0.2, 0) is 6.61 Å². The normalized spacial score (nSPS) is 10.7. The monoisotopic (exact) mass is 256 g/mol. The van der Waals surface area contributed by atoms with Gasteiger partial charge in [0.15, 0.2) is 0 Å². The maximum absolute atomic E-state index is 5.90. The van der Waals surface area contributed by atoms with Gasteiger partial charge >= 0.3 is 0 Å². The molecule has 0 amide bonds. The molecule has 0 radical (unpaired) electrons. The smallest absolute Gasteiger partial charge is 0.130 e. The second-order valence-corrected chi connectivity index (χ2v) is 4.95. The molecule has 0 aliphatic rings. The Morgan fingerprint density at radius 2 is 2.11 bits per heavy atom. The van der Waals surface area contributed by atoms with E-state index in [-0.39, 0.29) is 0 Å². The standard InChI is InChI=1S/C14H12N2OS/c15-12-5-1-4-11-13(6-7-16-14(11)12)17-9-10-3-2-8-18-10/h1-8H,9,15H2. The van der Waals surface area contributed by atoms with Gasteiger partial charge in [0.05, 0.1) is 11.2 Å². The van der Waals surface area contributed by atoms with Crippen LogP contribution in [-0.4, -0.2) is 4.98 Å². The number of nitrogens with zero attached hydrogens (tertiary/aromatic N) is 1. The quantitative estimate of drug-likeness (QED) is 0.730. The van der Waals surface area contributed by atoms with Crippen LogP contribution >= 0.6 is 11.3 Å². The van der Waals surface area contributed by atoms with Crippen molar-refractivity contribution < 1.29 is 4.74 Å². The maximum Gasteiger partial charge on any atom is 0.130 e. The Morgan fingerprint density at radius 3 is 2.94 bits per heavy atom. The summed E-state index contributed by atoms with van der Waals surface area (Å²) in [6.45, 7) is 0.575. The summed E-state index contributed by atoms with van der Waals surface area (Å²) in [5.74, 6) is 0.820. The first-order chi connectivity index (χ1) is 8.84. The zero-order chi connectivity index (χ0) is 12.4.